The quantitative estimate of drug-likeness (QED) is 0.918. The average molecular weight is 325 g/mol. The van der Waals surface area contributed by atoms with E-state index >= 15 is 0 Å². The number of hydrogen-bond donors (Lipinski definition) is 1. The molecule has 1 saturated carbocycles. The van der Waals surface area contributed by atoms with E-state index in [-0.39, 0.29) is 5.82 Å². The standard InChI is InChI=1S/C13H14BrFN4/c14-13-5-10(15)2-1-9(13)7-19-8-12(17-18-19)6-16-11-3-4-11/h1-2,5,8,11,16H,3-4,6-7H2. The summed E-state index contributed by atoms with van der Waals surface area (Å²) in [4.78, 5) is 0. The summed E-state index contributed by atoms with van der Waals surface area (Å²) in [5, 5.41) is 11.6. The highest BCUT2D eigenvalue weighted by molar-refractivity contribution is 9.10. The third-order valence-corrected chi connectivity index (χ3v) is 3.82. The summed E-state index contributed by atoms with van der Waals surface area (Å²) in [7, 11) is 0. The third kappa shape index (κ3) is 3.39. The molecule has 0 radical (unpaired) electrons. The van der Waals surface area contributed by atoms with Crippen LogP contribution in [-0.2, 0) is 13.1 Å². The van der Waals surface area contributed by atoms with Gasteiger partial charge < -0.3 is 5.32 Å². The van der Waals surface area contributed by atoms with Crippen molar-refractivity contribution < 1.29 is 4.39 Å². The van der Waals surface area contributed by atoms with E-state index in [1.807, 2.05) is 6.20 Å². The highest BCUT2D eigenvalue weighted by atomic mass is 79.9. The number of halogens is 2. The van der Waals surface area contributed by atoms with Gasteiger partial charge in [0.1, 0.15) is 5.82 Å². The van der Waals surface area contributed by atoms with Crippen molar-refractivity contribution in [3.05, 3.63) is 45.9 Å². The minimum absolute atomic E-state index is 0.247. The Morgan fingerprint density at radius 3 is 3.00 bits per heavy atom. The van der Waals surface area contributed by atoms with Crippen molar-refractivity contribution in [2.75, 3.05) is 0 Å². The van der Waals surface area contributed by atoms with Crippen LogP contribution in [0.3, 0.4) is 0 Å². The fourth-order valence-corrected chi connectivity index (χ4v) is 2.33. The van der Waals surface area contributed by atoms with Gasteiger partial charge in [0.25, 0.3) is 0 Å². The summed E-state index contributed by atoms with van der Waals surface area (Å²) in [6.07, 6.45) is 4.44. The van der Waals surface area contributed by atoms with E-state index in [4.69, 9.17) is 0 Å². The van der Waals surface area contributed by atoms with Crippen LogP contribution in [-0.4, -0.2) is 21.0 Å². The summed E-state index contributed by atoms with van der Waals surface area (Å²) in [5.41, 5.74) is 1.91. The van der Waals surface area contributed by atoms with E-state index in [0.717, 1.165) is 22.3 Å². The maximum atomic E-state index is 13.0. The van der Waals surface area contributed by atoms with Crippen molar-refractivity contribution in [3.63, 3.8) is 0 Å². The van der Waals surface area contributed by atoms with E-state index in [1.165, 1.54) is 25.0 Å². The summed E-state index contributed by atoms with van der Waals surface area (Å²) >= 11 is 3.36. The minimum atomic E-state index is -0.247. The van der Waals surface area contributed by atoms with Gasteiger partial charge in [0.05, 0.1) is 18.4 Å². The second-order valence-corrected chi connectivity index (χ2v) is 5.65. The van der Waals surface area contributed by atoms with Gasteiger partial charge in [-0.3, -0.25) is 0 Å². The van der Waals surface area contributed by atoms with Crippen LogP contribution >= 0.6 is 15.9 Å². The molecule has 0 unspecified atom stereocenters. The molecule has 0 atom stereocenters. The first-order valence-electron chi connectivity index (χ1n) is 6.27. The Kier molecular flexibility index (Phi) is 3.61. The maximum Gasteiger partial charge on any atom is 0.124 e. The van der Waals surface area contributed by atoms with Crippen molar-refractivity contribution in [1.82, 2.24) is 20.3 Å². The van der Waals surface area contributed by atoms with Gasteiger partial charge in [-0.25, -0.2) is 9.07 Å². The Labute approximate surface area is 119 Å². The molecule has 1 heterocycles. The largest absolute Gasteiger partial charge is 0.308 e. The SMILES string of the molecule is Fc1ccc(Cn2cc(CNC3CC3)nn2)c(Br)c1. The van der Waals surface area contributed by atoms with Crippen LogP contribution in [0.15, 0.2) is 28.9 Å². The Bertz CT molecular complexity index is 580. The minimum Gasteiger partial charge on any atom is -0.308 e. The molecule has 1 fully saturated rings. The number of hydrogen-bond acceptors (Lipinski definition) is 3. The first-order chi connectivity index (χ1) is 9.20. The van der Waals surface area contributed by atoms with Gasteiger partial charge in [0, 0.05) is 17.1 Å². The van der Waals surface area contributed by atoms with Crippen molar-refractivity contribution in [3.8, 4) is 0 Å². The van der Waals surface area contributed by atoms with Crippen LogP contribution in [0, 0.1) is 5.82 Å². The summed E-state index contributed by atoms with van der Waals surface area (Å²) < 4.78 is 15.5. The molecule has 1 aliphatic rings. The van der Waals surface area contributed by atoms with Gasteiger partial charge in [-0.2, -0.15) is 0 Å². The van der Waals surface area contributed by atoms with E-state index < -0.39 is 0 Å². The topological polar surface area (TPSA) is 42.7 Å². The van der Waals surface area contributed by atoms with Crippen LogP contribution in [0.2, 0.25) is 0 Å². The normalized spacial score (nSPS) is 14.8. The maximum absolute atomic E-state index is 13.0. The first kappa shape index (κ1) is 12.7. The molecule has 6 heteroatoms. The van der Waals surface area contributed by atoms with E-state index in [9.17, 15) is 4.39 Å². The van der Waals surface area contributed by atoms with Gasteiger partial charge in [-0.15, -0.1) is 5.10 Å². The van der Waals surface area contributed by atoms with Gasteiger partial charge in [-0.05, 0) is 30.5 Å². The molecule has 0 amide bonds. The Morgan fingerprint density at radius 1 is 1.42 bits per heavy atom. The van der Waals surface area contributed by atoms with Gasteiger partial charge in [0.2, 0.25) is 0 Å². The highest BCUT2D eigenvalue weighted by Gasteiger charge is 2.20. The van der Waals surface area contributed by atoms with Crippen LogP contribution < -0.4 is 5.32 Å². The van der Waals surface area contributed by atoms with Crippen LogP contribution in [0.1, 0.15) is 24.1 Å². The zero-order valence-corrected chi connectivity index (χ0v) is 11.9. The number of benzene rings is 1. The van der Waals surface area contributed by atoms with E-state index in [2.05, 4.69) is 31.6 Å². The molecule has 1 aromatic heterocycles. The molecule has 2 aromatic rings. The molecule has 1 N–H and O–H groups in total. The zero-order chi connectivity index (χ0) is 13.2. The first-order valence-corrected chi connectivity index (χ1v) is 7.06. The molecule has 19 heavy (non-hydrogen) atoms. The predicted octanol–water partition coefficient (Wildman–Crippen LogP) is 2.48. The second kappa shape index (κ2) is 5.38. The lowest BCUT2D eigenvalue weighted by molar-refractivity contribution is 0.619. The molecular formula is C13H14BrFN4. The van der Waals surface area contributed by atoms with Crippen LogP contribution in [0.4, 0.5) is 4.39 Å². The van der Waals surface area contributed by atoms with Crippen molar-refractivity contribution in [2.24, 2.45) is 0 Å². The van der Waals surface area contributed by atoms with E-state index in [0.29, 0.717) is 12.6 Å². The molecule has 100 valence electrons. The van der Waals surface area contributed by atoms with Crippen LogP contribution in [0.25, 0.3) is 0 Å². The summed E-state index contributed by atoms with van der Waals surface area (Å²) in [6, 6.07) is 5.33. The van der Waals surface area contributed by atoms with Crippen LogP contribution in [0.5, 0.6) is 0 Å². The Balaban J connectivity index is 1.65. The lowest BCUT2D eigenvalue weighted by atomic mass is 10.2. The zero-order valence-electron chi connectivity index (χ0n) is 10.3. The lowest BCUT2D eigenvalue weighted by Crippen LogP contribution is -2.15. The fraction of sp³-hybridized carbons (Fsp3) is 0.385. The Hall–Kier alpha value is -1.27. The molecule has 1 aromatic carbocycles. The predicted molar refractivity (Wildman–Crippen MR) is 73.1 cm³/mol. The van der Waals surface area contributed by atoms with Gasteiger partial charge in [0.15, 0.2) is 0 Å². The molecular weight excluding hydrogens is 311 g/mol. The summed E-state index contributed by atoms with van der Waals surface area (Å²) in [6.45, 7) is 1.34. The molecule has 0 bridgehead atoms. The second-order valence-electron chi connectivity index (χ2n) is 4.80. The third-order valence-electron chi connectivity index (χ3n) is 3.08. The average Bonchev–Trinajstić information content (AvgIpc) is 3.10. The fourth-order valence-electron chi connectivity index (χ4n) is 1.86. The summed E-state index contributed by atoms with van der Waals surface area (Å²) in [5.74, 6) is -0.247. The van der Waals surface area contributed by atoms with E-state index in [1.54, 1.807) is 10.7 Å². The van der Waals surface area contributed by atoms with Crippen molar-refractivity contribution >= 4 is 15.9 Å². The van der Waals surface area contributed by atoms with Crippen molar-refractivity contribution in [1.29, 1.82) is 0 Å². The van der Waals surface area contributed by atoms with Gasteiger partial charge >= 0.3 is 0 Å². The smallest absolute Gasteiger partial charge is 0.124 e. The Morgan fingerprint density at radius 2 is 2.26 bits per heavy atom. The lowest BCUT2D eigenvalue weighted by Gasteiger charge is -2.04. The highest BCUT2D eigenvalue weighted by Crippen LogP contribution is 2.20. The number of nitrogens with zero attached hydrogens (tertiary/aromatic N) is 3. The molecule has 0 aliphatic heterocycles. The number of aromatic nitrogens is 3. The number of nitrogens with one attached hydrogen (secondary N) is 1. The molecule has 3 rings (SSSR count). The van der Waals surface area contributed by atoms with Crippen molar-refractivity contribution in [2.45, 2.75) is 32.0 Å². The monoisotopic (exact) mass is 324 g/mol. The molecule has 0 spiro atoms. The molecule has 4 nitrogen and oxygen atoms in total. The molecule has 1 aliphatic carbocycles. The van der Waals surface area contributed by atoms with Gasteiger partial charge in [-0.1, -0.05) is 27.2 Å². The number of rotatable bonds is 5. The molecule has 0 saturated heterocycles.